The number of hydrogen-bond donors (Lipinski definition) is 1. The van der Waals surface area contributed by atoms with Crippen molar-refractivity contribution in [1.82, 2.24) is 4.98 Å². The van der Waals surface area contributed by atoms with Crippen molar-refractivity contribution >= 4 is 9.84 Å². The molecule has 2 rings (SSSR count). The summed E-state index contributed by atoms with van der Waals surface area (Å²) >= 11 is 0. The van der Waals surface area contributed by atoms with E-state index in [0.717, 1.165) is 12.0 Å². The van der Waals surface area contributed by atoms with Crippen LogP contribution in [0.25, 0.3) is 0 Å². The maximum absolute atomic E-state index is 11.7. The molecule has 5 heteroatoms. The molecule has 0 bridgehead atoms. The van der Waals surface area contributed by atoms with Crippen LogP contribution in [-0.2, 0) is 15.3 Å². The molecule has 0 spiro atoms. The zero-order chi connectivity index (χ0) is 11.6. The fourth-order valence-corrected chi connectivity index (χ4v) is 4.41. The van der Waals surface area contributed by atoms with Crippen LogP contribution in [0.15, 0.2) is 24.5 Å². The minimum Gasteiger partial charge on any atom is -0.330 e. The first-order valence-electron chi connectivity index (χ1n) is 5.39. The number of nitrogens with zero attached hydrogens (tertiary/aromatic N) is 1. The molecule has 2 heterocycles. The molecule has 16 heavy (non-hydrogen) atoms. The maximum Gasteiger partial charge on any atom is 0.151 e. The molecule has 88 valence electrons. The highest BCUT2D eigenvalue weighted by Crippen LogP contribution is 2.34. The Morgan fingerprint density at radius 1 is 1.38 bits per heavy atom. The molecule has 1 saturated heterocycles. The number of hydrogen-bond acceptors (Lipinski definition) is 4. The van der Waals surface area contributed by atoms with Gasteiger partial charge in [0.05, 0.1) is 11.5 Å². The maximum atomic E-state index is 11.7. The number of sulfone groups is 1. The van der Waals surface area contributed by atoms with Gasteiger partial charge in [-0.05, 0) is 30.5 Å². The smallest absolute Gasteiger partial charge is 0.151 e. The molecular weight excluding hydrogens is 224 g/mol. The van der Waals surface area contributed by atoms with Crippen LogP contribution in [0.3, 0.4) is 0 Å². The van der Waals surface area contributed by atoms with Gasteiger partial charge in [0.2, 0.25) is 0 Å². The molecule has 4 nitrogen and oxygen atoms in total. The first-order valence-corrected chi connectivity index (χ1v) is 7.21. The van der Waals surface area contributed by atoms with Crippen molar-refractivity contribution in [2.75, 3.05) is 18.1 Å². The Balaban J connectivity index is 2.40. The standard InChI is InChI=1S/C11H16N2O2S/c12-8-11(10-2-5-13-6-3-10)4-1-7-16(14,15)9-11/h2-3,5-6H,1,4,7-9,12H2. The summed E-state index contributed by atoms with van der Waals surface area (Å²) in [6, 6.07) is 3.74. The minimum absolute atomic E-state index is 0.167. The second kappa shape index (κ2) is 4.14. The van der Waals surface area contributed by atoms with Gasteiger partial charge in [-0.3, -0.25) is 4.98 Å². The molecule has 0 aromatic carbocycles. The molecule has 1 aromatic rings. The van der Waals surface area contributed by atoms with Crippen LogP contribution in [0.1, 0.15) is 18.4 Å². The molecule has 0 aliphatic carbocycles. The highest BCUT2D eigenvalue weighted by atomic mass is 32.2. The van der Waals surface area contributed by atoms with Gasteiger partial charge in [-0.15, -0.1) is 0 Å². The topological polar surface area (TPSA) is 73.0 Å². The Morgan fingerprint density at radius 3 is 2.62 bits per heavy atom. The van der Waals surface area contributed by atoms with E-state index in [-0.39, 0.29) is 5.75 Å². The Labute approximate surface area is 95.8 Å². The highest BCUT2D eigenvalue weighted by Gasteiger charge is 2.39. The van der Waals surface area contributed by atoms with E-state index in [1.165, 1.54) is 0 Å². The van der Waals surface area contributed by atoms with Crippen molar-refractivity contribution in [3.05, 3.63) is 30.1 Å². The first kappa shape index (κ1) is 11.5. The number of aromatic nitrogens is 1. The van der Waals surface area contributed by atoms with Crippen LogP contribution in [0.5, 0.6) is 0 Å². The number of pyridine rings is 1. The van der Waals surface area contributed by atoms with Gasteiger partial charge in [-0.2, -0.15) is 0 Å². The van der Waals surface area contributed by atoms with Crippen molar-refractivity contribution < 1.29 is 8.42 Å². The molecule has 1 fully saturated rings. The zero-order valence-corrected chi connectivity index (χ0v) is 9.91. The van der Waals surface area contributed by atoms with Crippen LogP contribution in [0.4, 0.5) is 0 Å². The van der Waals surface area contributed by atoms with Gasteiger partial charge in [0.15, 0.2) is 9.84 Å². The fraction of sp³-hybridized carbons (Fsp3) is 0.545. The lowest BCUT2D eigenvalue weighted by atomic mass is 9.78. The fourth-order valence-electron chi connectivity index (χ4n) is 2.41. The molecular formula is C11H16N2O2S. The predicted molar refractivity (Wildman–Crippen MR) is 62.9 cm³/mol. The summed E-state index contributed by atoms with van der Waals surface area (Å²) in [6.07, 6.45) is 4.91. The average molecular weight is 240 g/mol. The SMILES string of the molecule is NCC1(c2ccncc2)CCCS(=O)(=O)C1. The van der Waals surface area contributed by atoms with Crippen LogP contribution >= 0.6 is 0 Å². The average Bonchev–Trinajstić information content (AvgIpc) is 2.29. The van der Waals surface area contributed by atoms with Crippen LogP contribution in [-0.4, -0.2) is 31.5 Å². The van der Waals surface area contributed by atoms with E-state index in [2.05, 4.69) is 4.98 Å². The molecule has 1 aliphatic heterocycles. The molecule has 1 unspecified atom stereocenters. The van der Waals surface area contributed by atoms with Crippen molar-refractivity contribution in [3.8, 4) is 0 Å². The van der Waals surface area contributed by atoms with Gasteiger partial charge in [0.1, 0.15) is 0 Å². The van der Waals surface area contributed by atoms with Gasteiger partial charge >= 0.3 is 0 Å². The molecule has 0 radical (unpaired) electrons. The Hall–Kier alpha value is -0.940. The Morgan fingerprint density at radius 2 is 2.06 bits per heavy atom. The Bertz CT molecular complexity index is 458. The Kier molecular flexibility index (Phi) is 2.99. The van der Waals surface area contributed by atoms with Crippen molar-refractivity contribution in [2.24, 2.45) is 5.73 Å². The molecule has 2 N–H and O–H groups in total. The summed E-state index contributed by atoms with van der Waals surface area (Å²) in [5.74, 6) is 0.459. The van der Waals surface area contributed by atoms with Gasteiger partial charge in [-0.1, -0.05) is 0 Å². The van der Waals surface area contributed by atoms with Gasteiger partial charge in [0, 0.05) is 24.4 Å². The number of nitrogens with two attached hydrogens (primary N) is 1. The van der Waals surface area contributed by atoms with Crippen LogP contribution in [0, 0.1) is 0 Å². The third-order valence-corrected chi connectivity index (χ3v) is 5.19. The van der Waals surface area contributed by atoms with E-state index in [0.29, 0.717) is 18.7 Å². The second-order valence-electron chi connectivity index (χ2n) is 4.42. The van der Waals surface area contributed by atoms with E-state index in [4.69, 9.17) is 5.73 Å². The molecule has 1 aromatic heterocycles. The lowest BCUT2D eigenvalue weighted by molar-refractivity contribution is 0.418. The molecule has 0 amide bonds. The zero-order valence-electron chi connectivity index (χ0n) is 9.09. The summed E-state index contributed by atoms with van der Waals surface area (Å²) in [4.78, 5) is 3.95. The predicted octanol–water partition coefficient (Wildman–Crippen LogP) is 0.487. The third kappa shape index (κ3) is 2.10. The molecule has 1 aliphatic rings. The van der Waals surface area contributed by atoms with Crippen LogP contribution < -0.4 is 5.73 Å². The molecule has 1 atom stereocenters. The van der Waals surface area contributed by atoms with E-state index < -0.39 is 15.3 Å². The quantitative estimate of drug-likeness (QED) is 0.816. The summed E-state index contributed by atoms with van der Waals surface area (Å²) in [6.45, 7) is 0.371. The van der Waals surface area contributed by atoms with Crippen molar-refractivity contribution in [1.29, 1.82) is 0 Å². The van der Waals surface area contributed by atoms with Crippen molar-refractivity contribution in [3.63, 3.8) is 0 Å². The van der Waals surface area contributed by atoms with Crippen molar-refractivity contribution in [2.45, 2.75) is 18.3 Å². The first-order chi connectivity index (χ1) is 7.58. The van der Waals surface area contributed by atoms with E-state index >= 15 is 0 Å². The normalized spacial score (nSPS) is 28.8. The minimum atomic E-state index is -2.95. The monoisotopic (exact) mass is 240 g/mol. The summed E-state index contributed by atoms with van der Waals surface area (Å²) < 4.78 is 23.5. The summed E-state index contributed by atoms with van der Waals surface area (Å²) in [5.41, 5.74) is 6.40. The largest absolute Gasteiger partial charge is 0.330 e. The number of rotatable bonds is 2. The van der Waals surface area contributed by atoms with E-state index in [1.807, 2.05) is 12.1 Å². The van der Waals surface area contributed by atoms with Gasteiger partial charge in [0.25, 0.3) is 0 Å². The third-order valence-electron chi connectivity index (χ3n) is 3.29. The second-order valence-corrected chi connectivity index (χ2v) is 6.60. The van der Waals surface area contributed by atoms with E-state index in [1.54, 1.807) is 12.4 Å². The summed E-state index contributed by atoms with van der Waals surface area (Å²) in [5, 5.41) is 0. The van der Waals surface area contributed by atoms with Gasteiger partial charge in [-0.25, -0.2) is 8.42 Å². The van der Waals surface area contributed by atoms with Gasteiger partial charge < -0.3 is 5.73 Å². The lowest BCUT2D eigenvalue weighted by Crippen LogP contribution is -2.45. The summed E-state index contributed by atoms with van der Waals surface area (Å²) in [7, 11) is -2.95. The van der Waals surface area contributed by atoms with E-state index in [9.17, 15) is 8.42 Å². The highest BCUT2D eigenvalue weighted by molar-refractivity contribution is 7.91. The lowest BCUT2D eigenvalue weighted by Gasteiger charge is -2.36. The molecule has 0 saturated carbocycles. The van der Waals surface area contributed by atoms with Crippen LogP contribution in [0.2, 0.25) is 0 Å².